The Hall–Kier alpha value is -2.18. The van der Waals surface area contributed by atoms with Crippen LogP contribution in [0.25, 0.3) is 0 Å². The molecular weight excluding hydrogens is 384 g/mol. The predicted molar refractivity (Wildman–Crippen MR) is 116 cm³/mol. The number of ether oxygens (including phenoxy) is 1. The molecule has 29 heavy (non-hydrogen) atoms. The van der Waals surface area contributed by atoms with Gasteiger partial charge in [0, 0.05) is 25.1 Å². The molecule has 0 radical (unpaired) electrons. The molecule has 2 heterocycles. The second-order valence-electron chi connectivity index (χ2n) is 7.50. The Morgan fingerprint density at radius 2 is 2.03 bits per heavy atom. The molecule has 0 unspecified atom stereocenters. The van der Waals surface area contributed by atoms with Crippen molar-refractivity contribution in [1.29, 1.82) is 0 Å². The number of nitrogens with zero attached hydrogens (tertiary/aromatic N) is 2. The number of aryl methyl sites for hydroxylation is 1. The van der Waals surface area contributed by atoms with Crippen LogP contribution >= 0.6 is 11.3 Å². The first-order valence-corrected chi connectivity index (χ1v) is 11.1. The molecule has 0 fully saturated rings. The van der Waals surface area contributed by atoms with Crippen molar-refractivity contribution < 1.29 is 14.3 Å². The van der Waals surface area contributed by atoms with Crippen LogP contribution in [0.3, 0.4) is 0 Å². The van der Waals surface area contributed by atoms with Crippen molar-refractivity contribution in [2.45, 2.75) is 39.2 Å². The predicted octanol–water partition coefficient (Wildman–Crippen LogP) is 3.81. The maximum Gasteiger partial charge on any atom is 0.249 e. The van der Waals surface area contributed by atoms with Gasteiger partial charge in [-0.3, -0.25) is 9.59 Å². The Morgan fingerprint density at radius 3 is 2.76 bits per heavy atom. The zero-order valence-electron chi connectivity index (χ0n) is 17.5. The van der Waals surface area contributed by atoms with Crippen molar-refractivity contribution >= 4 is 23.2 Å². The van der Waals surface area contributed by atoms with E-state index in [1.807, 2.05) is 17.0 Å². The Balaban J connectivity index is 1.87. The summed E-state index contributed by atoms with van der Waals surface area (Å²) in [4.78, 5) is 30.8. The van der Waals surface area contributed by atoms with Crippen LogP contribution in [0.1, 0.15) is 47.4 Å². The van der Waals surface area contributed by atoms with E-state index in [0.717, 1.165) is 24.8 Å². The molecule has 6 heteroatoms. The van der Waals surface area contributed by atoms with Crippen molar-refractivity contribution in [3.8, 4) is 0 Å². The van der Waals surface area contributed by atoms with Crippen LogP contribution in [-0.2, 0) is 20.7 Å². The van der Waals surface area contributed by atoms with Crippen molar-refractivity contribution in [2.24, 2.45) is 0 Å². The number of carbonyl (C=O) groups excluding carboxylic acids is 2. The average Bonchev–Trinajstić information content (AvgIpc) is 3.20. The number of thiophene rings is 1. The number of methoxy groups -OCH3 is 1. The molecule has 0 N–H and O–H groups in total. The molecule has 1 aliphatic heterocycles. The lowest BCUT2D eigenvalue weighted by molar-refractivity contribution is -0.143. The number of fused-ring (bicyclic) bond motifs is 1. The third-order valence-electron chi connectivity index (χ3n) is 5.50. The van der Waals surface area contributed by atoms with Crippen LogP contribution in [0.2, 0.25) is 0 Å². The lowest BCUT2D eigenvalue weighted by atomic mass is 9.90. The minimum absolute atomic E-state index is 0.00402. The molecule has 1 atom stereocenters. The van der Waals surface area contributed by atoms with E-state index in [-0.39, 0.29) is 31.0 Å². The Bertz CT molecular complexity index is 848. The maximum atomic E-state index is 13.4. The van der Waals surface area contributed by atoms with E-state index >= 15 is 0 Å². The van der Waals surface area contributed by atoms with E-state index in [9.17, 15) is 9.59 Å². The molecule has 1 aliphatic rings. The summed E-state index contributed by atoms with van der Waals surface area (Å²) in [6.07, 6.45) is 2.71. The second kappa shape index (κ2) is 10.0. The number of hydrogen-bond donors (Lipinski definition) is 0. The van der Waals surface area contributed by atoms with Crippen LogP contribution in [0, 0.1) is 6.92 Å². The van der Waals surface area contributed by atoms with Crippen LogP contribution < -0.4 is 0 Å². The molecule has 156 valence electrons. The highest BCUT2D eigenvalue weighted by Gasteiger charge is 2.34. The van der Waals surface area contributed by atoms with Crippen molar-refractivity contribution in [2.75, 3.05) is 33.4 Å². The monoisotopic (exact) mass is 414 g/mol. The molecule has 1 aromatic carbocycles. The Kier molecular flexibility index (Phi) is 7.45. The van der Waals surface area contributed by atoms with Gasteiger partial charge in [0.15, 0.2) is 0 Å². The molecule has 0 spiro atoms. The lowest BCUT2D eigenvalue weighted by Gasteiger charge is -2.38. The summed E-state index contributed by atoms with van der Waals surface area (Å²) in [5.41, 5.74) is 3.54. The van der Waals surface area contributed by atoms with Gasteiger partial charge in [-0.2, -0.15) is 0 Å². The smallest absolute Gasteiger partial charge is 0.249 e. The lowest BCUT2D eigenvalue weighted by Crippen LogP contribution is -2.47. The van der Waals surface area contributed by atoms with Crippen LogP contribution in [0.5, 0.6) is 0 Å². The molecular formula is C23H30N2O3S. The number of benzene rings is 1. The van der Waals surface area contributed by atoms with Gasteiger partial charge in [0.1, 0.15) is 6.61 Å². The summed E-state index contributed by atoms with van der Waals surface area (Å²) >= 11 is 1.76. The van der Waals surface area contributed by atoms with Crippen LogP contribution in [-0.4, -0.2) is 55.0 Å². The zero-order chi connectivity index (χ0) is 20.8. The van der Waals surface area contributed by atoms with E-state index in [4.69, 9.17) is 4.74 Å². The molecule has 2 amide bonds. The SMILES string of the molecule is CCCCN(CC(=O)N1CCc2sccc2[C@H]1c1ccccc1C)C(=O)COC. The van der Waals surface area contributed by atoms with E-state index in [0.29, 0.717) is 13.1 Å². The van der Waals surface area contributed by atoms with Crippen LogP contribution in [0.4, 0.5) is 0 Å². The highest BCUT2D eigenvalue weighted by molar-refractivity contribution is 7.10. The molecule has 5 nitrogen and oxygen atoms in total. The van der Waals surface area contributed by atoms with Crippen LogP contribution in [0.15, 0.2) is 35.7 Å². The van der Waals surface area contributed by atoms with Gasteiger partial charge in [0.05, 0.1) is 12.6 Å². The molecule has 0 bridgehead atoms. The fraction of sp³-hybridized carbons (Fsp3) is 0.478. The average molecular weight is 415 g/mol. The van der Waals surface area contributed by atoms with Gasteiger partial charge in [-0.25, -0.2) is 0 Å². The topological polar surface area (TPSA) is 49.9 Å². The minimum atomic E-state index is -0.130. The highest BCUT2D eigenvalue weighted by atomic mass is 32.1. The number of carbonyl (C=O) groups is 2. The summed E-state index contributed by atoms with van der Waals surface area (Å²) in [5.74, 6) is -0.134. The van der Waals surface area contributed by atoms with Gasteiger partial charge in [-0.1, -0.05) is 37.6 Å². The molecule has 1 aromatic heterocycles. The third-order valence-corrected chi connectivity index (χ3v) is 6.49. The Morgan fingerprint density at radius 1 is 1.24 bits per heavy atom. The normalized spacial score (nSPS) is 15.8. The quantitative estimate of drug-likeness (QED) is 0.660. The summed E-state index contributed by atoms with van der Waals surface area (Å²) in [7, 11) is 1.51. The van der Waals surface area contributed by atoms with E-state index in [1.54, 1.807) is 16.2 Å². The number of hydrogen-bond acceptors (Lipinski definition) is 4. The van der Waals surface area contributed by atoms with Crippen molar-refractivity contribution in [1.82, 2.24) is 9.80 Å². The largest absolute Gasteiger partial charge is 0.375 e. The molecule has 0 aliphatic carbocycles. The number of unbranched alkanes of at least 4 members (excludes halogenated alkanes) is 1. The van der Waals surface area contributed by atoms with E-state index in [2.05, 4.69) is 37.4 Å². The summed E-state index contributed by atoms with van der Waals surface area (Å²) in [5, 5.41) is 2.11. The maximum absolute atomic E-state index is 13.4. The molecule has 0 saturated heterocycles. The van der Waals surface area contributed by atoms with Gasteiger partial charge in [0.2, 0.25) is 11.8 Å². The van der Waals surface area contributed by atoms with E-state index in [1.165, 1.54) is 23.1 Å². The number of amides is 2. The summed E-state index contributed by atoms with van der Waals surface area (Å²) < 4.78 is 5.02. The second-order valence-corrected chi connectivity index (χ2v) is 8.50. The van der Waals surface area contributed by atoms with Gasteiger partial charge in [-0.15, -0.1) is 11.3 Å². The third kappa shape index (κ3) is 4.87. The molecule has 2 aromatic rings. The van der Waals surface area contributed by atoms with Gasteiger partial charge < -0.3 is 14.5 Å². The first kappa shape index (κ1) is 21.5. The molecule has 3 rings (SSSR count). The highest BCUT2D eigenvalue weighted by Crippen LogP contribution is 2.38. The minimum Gasteiger partial charge on any atom is -0.375 e. The first-order valence-electron chi connectivity index (χ1n) is 10.2. The Labute approximate surface area is 177 Å². The fourth-order valence-electron chi connectivity index (χ4n) is 3.92. The van der Waals surface area contributed by atoms with E-state index < -0.39 is 0 Å². The standard InChI is InChI=1S/C23H30N2O3S/c1-4-5-12-24(22(27)16-28-3)15-21(26)25-13-10-20-19(11-14-29-20)23(25)18-9-7-6-8-17(18)2/h6-9,11,14,23H,4-5,10,12-13,15-16H2,1-3H3/t23-/m1/s1. The number of rotatable bonds is 8. The van der Waals surface area contributed by atoms with Crippen molar-refractivity contribution in [3.05, 3.63) is 57.3 Å². The zero-order valence-corrected chi connectivity index (χ0v) is 18.3. The van der Waals surface area contributed by atoms with Crippen molar-refractivity contribution in [3.63, 3.8) is 0 Å². The van der Waals surface area contributed by atoms with Gasteiger partial charge >= 0.3 is 0 Å². The van der Waals surface area contributed by atoms with Gasteiger partial charge in [-0.05, 0) is 47.9 Å². The first-order chi connectivity index (χ1) is 14.1. The summed E-state index contributed by atoms with van der Waals surface area (Å²) in [6, 6.07) is 10.3. The fourth-order valence-corrected chi connectivity index (χ4v) is 4.83. The van der Waals surface area contributed by atoms with Gasteiger partial charge in [0.25, 0.3) is 0 Å². The molecule has 0 saturated carbocycles. The summed E-state index contributed by atoms with van der Waals surface area (Å²) in [6.45, 7) is 5.53.